The Morgan fingerprint density at radius 3 is 3.00 bits per heavy atom. The average molecular weight is 175 g/mol. The highest BCUT2D eigenvalue weighted by Gasteiger charge is 2.23. The summed E-state index contributed by atoms with van der Waals surface area (Å²) < 4.78 is 2.05. The monoisotopic (exact) mass is 175 g/mol. The minimum atomic E-state index is 0.318. The van der Waals surface area contributed by atoms with Crippen molar-refractivity contribution in [3.63, 3.8) is 0 Å². The van der Waals surface area contributed by atoms with Crippen LogP contribution < -0.4 is 5.73 Å². The first-order valence-electron chi connectivity index (χ1n) is 4.64. The van der Waals surface area contributed by atoms with E-state index in [4.69, 9.17) is 11.0 Å². The molecule has 1 fully saturated rings. The molecule has 13 heavy (non-hydrogen) atoms. The van der Waals surface area contributed by atoms with Crippen molar-refractivity contribution in [1.82, 2.24) is 4.57 Å². The Morgan fingerprint density at radius 1 is 1.54 bits per heavy atom. The third-order valence-electron chi connectivity index (χ3n) is 2.73. The molecule has 0 aliphatic heterocycles. The van der Waals surface area contributed by atoms with Crippen molar-refractivity contribution in [2.75, 3.05) is 0 Å². The van der Waals surface area contributed by atoms with Crippen LogP contribution in [0.1, 0.15) is 31.0 Å². The van der Waals surface area contributed by atoms with Crippen LogP contribution in [0.4, 0.5) is 0 Å². The fourth-order valence-electron chi connectivity index (χ4n) is 2.05. The van der Waals surface area contributed by atoms with E-state index in [-0.39, 0.29) is 0 Å². The molecule has 1 aliphatic carbocycles. The van der Waals surface area contributed by atoms with Crippen LogP contribution in [0.25, 0.3) is 0 Å². The molecule has 0 radical (unpaired) electrons. The molecule has 1 aromatic heterocycles. The van der Waals surface area contributed by atoms with Gasteiger partial charge in [-0.25, -0.2) is 0 Å². The number of nitrogens with two attached hydrogens (primary N) is 1. The molecule has 2 N–H and O–H groups in total. The first-order chi connectivity index (χ1) is 6.31. The van der Waals surface area contributed by atoms with E-state index < -0.39 is 0 Å². The van der Waals surface area contributed by atoms with E-state index in [1.165, 1.54) is 0 Å². The summed E-state index contributed by atoms with van der Waals surface area (Å²) in [5.41, 5.74) is 6.58. The van der Waals surface area contributed by atoms with Gasteiger partial charge in [-0.2, -0.15) is 5.26 Å². The molecule has 2 rings (SSSR count). The summed E-state index contributed by atoms with van der Waals surface area (Å²) in [6.07, 6.45) is 5.16. The van der Waals surface area contributed by atoms with Gasteiger partial charge < -0.3 is 10.3 Å². The Balaban J connectivity index is 2.22. The highest BCUT2D eigenvalue weighted by atomic mass is 15.0. The zero-order chi connectivity index (χ0) is 9.26. The van der Waals surface area contributed by atoms with Crippen LogP contribution in [-0.4, -0.2) is 10.6 Å². The highest BCUT2D eigenvalue weighted by molar-refractivity contribution is 5.23. The molecule has 2 unspecified atom stereocenters. The number of nitriles is 1. The van der Waals surface area contributed by atoms with Crippen LogP contribution in [-0.2, 0) is 0 Å². The Hall–Kier alpha value is -1.27. The lowest BCUT2D eigenvalue weighted by atomic mass is 10.2. The van der Waals surface area contributed by atoms with Gasteiger partial charge in [-0.15, -0.1) is 0 Å². The van der Waals surface area contributed by atoms with Gasteiger partial charge in [0, 0.05) is 18.3 Å². The summed E-state index contributed by atoms with van der Waals surface area (Å²) in [5.74, 6) is 0. The molecule has 1 heterocycles. The van der Waals surface area contributed by atoms with E-state index in [2.05, 4.69) is 6.07 Å². The second-order valence-electron chi connectivity index (χ2n) is 3.64. The molecule has 3 heteroatoms. The second-order valence-corrected chi connectivity index (χ2v) is 3.64. The highest BCUT2D eigenvalue weighted by Crippen LogP contribution is 2.29. The van der Waals surface area contributed by atoms with Crippen molar-refractivity contribution in [3.05, 3.63) is 24.0 Å². The zero-order valence-electron chi connectivity index (χ0n) is 7.48. The smallest absolute Gasteiger partial charge is 0.120 e. The molecular formula is C10H13N3. The van der Waals surface area contributed by atoms with Crippen LogP contribution >= 0.6 is 0 Å². The molecule has 3 nitrogen and oxygen atoms in total. The van der Waals surface area contributed by atoms with Gasteiger partial charge in [-0.1, -0.05) is 0 Å². The standard InChI is InChI=1S/C10H13N3/c11-7-10-2-1-5-13(10)9-4-3-8(12)6-9/h1-2,5,8-9H,3-4,6,12H2. The van der Waals surface area contributed by atoms with Gasteiger partial charge in [0.2, 0.25) is 0 Å². The lowest BCUT2D eigenvalue weighted by Gasteiger charge is -2.12. The van der Waals surface area contributed by atoms with Crippen molar-refractivity contribution >= 4 is 0 Å². The minimum absolute atomic E-state index is 0.318. The van der Waals surface area contributed by atoms with Crippen molar-refractivity contribution in [2.45, 2.75) is 31.3 Å². The molecule has 1 saturated carbocycles. The summed E-state index contributed by atoms with van der Waals surface area (Å²) in [6.45, 7) is 0. The Bertz CT molecular complexity index is 334. The van der Waals surface area contributed by atoms with Gasteiger partial charge >= 0.3 is 0 Å². The predicted molar refractivity (Wildman–Crippen MR) is 50.0 cm³/mol. The van der Waals surface area contributed by atoms with E-state index in [1.54, 1.807) is 0 Å². The maximum Gasteiger partial charge on any atom is 0.120 e. The van der Waals surface area contributed by atoms with Crippen molar-refractivity contribution in [2.24, 2.45) is 5.73 Å². The fourth-order valence-corrected chi connectivity index (χ4v) is 2.05. The number of nitrogens with zero attached hydrogens (tertiary/aromatic N) is 2. The predicted octanol–water partition coefficient (Wildman–Crippen LogP) is 1.41. The lowest BCUT2D eigenvalue weighted by Crippen LogP contribution is -2.16. The zero-order valence-corrected chi connectivity index (χ0v) is 7.48. The van der Waals surface area contributed by atoms with E-state index in [1.807, 2.05) is 22.9 Å². The second kappa shape index (κ2) is 3.23. The van der Waals surface area contributed by atoms with E-state index in [0.29, 0.717) is 12.1 Å². The topological polar surface area (TPSA) is 54.7 Å². The molecule has 0 saturated heterocycles. The Labute approximate surface area is 77.8 Å². The third-order valence-corrected chi connectivity index (χ3v) is 2.73. The summed E-state index contributed by atoms with van der Waals surface area (Å²) in [5, 5.41) is 8.83. The van der Waals surface area contributed by atoms with Gasteiger partial charge in [0.05, 0.1) is 0 Å². The van der Waals surface area contributed by atoms with Crippen LogP contribution in [0.5, 0.6) is 0 Å². The number of rotatable bonds is 1. The maximum absolute atomic E-state index is 8.83. The molecule has 2 atom stereocenters. The molecule has 1 aromatic rings. The number of aromatic nitrogens is 1. The summed E-state index contributed by atoms with van der Waals surface area (Å²) >= 11 is 0. The Kier molecular flexibility index (Phi) is 2.07. The normalized spacial score (nSPS) is 27.4. The maximum atomic E-state index is 8.83. The van der Waals surface area contributed by atoms with Crippen molar-refractivity contribution in [1.29, 1.82) is 5.26 Å². The lowest BCUT2D eigenvalue weighted by molar-refractivity contribution is 0.508. The van der Waals surface area contributed by atoms with Crippen molar-refractivity contribution in [3.8, 4) is 6.07 Å². The van der Waals surface area contributed by atoms with E-state index in [9.17, 15) is 0 Å². The quantitative estimate of drug-likeness (QED) is 0.701. The third kappa shape index (κ3) is 1.45. The van der Waals surface area contributed by atoms with Crippen LogP contribution in [0.3, 0.4) is 0 Å². The van der Waals surface area contributed by atoms with Gasteiger partial charge in [-0.05, 0) is 31.4 Å². The summed E-state index contributed by atoms with van der Waals surface area (Å²) in [7, 11) is 0. The molecule has 1 aliphatic rings. The minimum Gasteiger partial charge on any atom is -0.336 e. The van der Waals surface area contributed by atoms with Gasteiger partial charge in [0.25, 0.3) is 0 Å². The van der Waals surface area contributed by atoms with Crippen LogP contribution in [0.15, 0.2) is 18.3 Å². The molecular weight excluding hydrogens is 162 g/mol. The van der Waals surface area contributed by atoms with Crippen LogP contribution in [0, 0.1) is 11.3 Å². The van der Waals surface area contributed by atoms with E-state index in [0.717, 1.165) is 25.0 Å². The summed E-state index contributed by atoms with van der Waals surface area (Å²) in [4.78, 5) is 0. The summed E-state index contributed by atoms with van der Waals surface area (Å²) in [6, 6.07) is 6.72. The van der Waals surface area contributed by atoms with Gasteiger partial charge in [-0.3, -0.25) is 0 Å². The SMILES string of the molecule is N#Cc1cccn1C1CCC(N)C1. The fraction of sp³-hybridized carbons (Fsp3) is 0.500. The molecule has 0 amide bonds. The first kappa shape index (κ1) is 8.33. The number of hydrogen-bond acceptors (Lipinski definition) is 2. The molecule has 0 bridgehead atoms. The average Bonchev–Trinajstić information content (AvgIpc) is 2.71. The van der Waals surface area contributed by atoms with Gasteiger partial charge in [0.1, 0.15) is 11.8 Å². The van der Waals surface area contributed by atoms with E-state index >= 15 is 0 Å². The van der Waals surface area contributed by atoms with Crippen molar-refractivity contribution < 1.29 is 0 Å². The first-order valence-corrected chi connectivity index (χ1v) is 4.64. The molecule has 0 spiro atoms. The Morgan fingerprint density at radius 2 is 2.38 bits per heavy atom. The molecule has 68 valence electrons. The van der Waals surface area contributed by atoms with Crippen LogP contribution in [0.2, 0.25) is 0 Å². The van der Waals surface area contributed by atoms with Gasteiger partial charge in [0.15, 0.2) is 0 Å². The molecule has 0 aromatic carbocycles. The largest absolute Gasteiger partial charge is 0.336 e. The number of hydrogen-bond donors (Lipinski definition) is 1.